The van der Waals surface area contributed by atoms with E-state index in [4.69, 9.17) is 0 Å². The van der Waals surface area contributed by atoms with E-state index < -0.39 is 6.23 Å². The Morgan fingerprint density at radius 3 is 2.22 bits per heavy atom. The number of aliphatic hydroxyl groups is 1. The molecule has 0 aliphatic carbocycles. The topological polar surface area (TPSA) is 47.0 Å². The van der Waals surface area contributed by atoms with E-state index in [1.807, 2.05) is 36.4 Å². The van der Waals surface area contributed by atoms with E-state index in [0.717, 1.165) is 62.0 Å². The van der Waals surface area contributed by atoms with Crippen molar-refractivity contribution in [3.8, 4) is 0 Å². The lowest BCUT2D eigenvalue weighted by atomic mass is 9.93. The molecular weight excluding hydrogens is 398 g/mol. The Balaban J connectivity index is 1.12. The molecule has 0 spiro atoms. The minimum absolute atomic E-state index is 0.0682. The van der Waals surface area contributed by atoms with E-state index >= 15 is 0 Å². The van der Waals surface area contributed by atoms with Gasteiger partial charge in [-0.2, -0.15) is 0 Å². The predicted molar refractivity (Wildman–Crippen MR) is 128 cm³/mol. The van der Waals surface area contributed by atoms with E-state index in [-0.39, 0.29) is 5.91 Å². The lowest BCUT2D eigenvalue weighted by molar-refractivity contribution is -0.000965. The van der Waals surface area contributed by atoms with E-state index in [9.17, 15) is 9.90 Å². The van der Waals surface area contributed by atoms with Crippen molar-refractivity contribution in [3.05, 3.63) is 83.4 Å². The van der Waals surface area contributed by atoms with Crippen LogP contribution in [0.5, 0.6) is 0 Å². The summed E-state index contributed by atoms with van der Waals surface area (Å²) in [6.45, 7) is 6.61. The maximum absolute atomic E-state index is 13.1. The van der Waals surface area contributed by atoms with Crippen LogP contribution in [-0.4, -0.2) is 71.5 Å². The zero-order valence-corrected chi connectivity index (χ0v) is 18.5. The number of piperazine rings is 1. The average Bonchev–Trinajstić information content (AvgIpc) is 2.84. The highest BCUT2D eigenvalue weighted by molar-refractivity contribution is 6.10. The molecule has 2 aliphatic heterocycles. The summed E-state index contributed by atoms with van der Waals surface area (Å²) < 4.78 is 0. The molecule has 5 rings (SSSR count). The van der Waals surface area contributed by atoms with Crippen LogP contribution in [0.1, 0.15) is 34.1 Å². The summed E-state index contributed by atoms with van der Waals surface area (Å²) >= 11 is 0. The van der Waals surface area contributed by atoms with Gasteiger partial charge in [0.1, 0.15) is 0 Å². The predicted octanol–water partition coefficient (Wildman–Crippen LogP) is 3.54. The number of aryl methyl sites for hydroxylation is 1. The second-order valence-corrected chi connectivity index (χ2v) is 8.90. The second kappa shape index (κ2) is 9.41. The highest BCUT2D eigenvalue weighted by Gasteiger charge is 2.32. The van der Waals surface area contributed by atoms with Gasteiger partial charge in [0.15, 0.2) is 6.23 Å². The third-order valence-electron chi connectivity index (χ3n) is 6.91. The molecule has 3 aromatic rings. The fraction of sp³-hybridized carbons (Fsp3) is 0.370. The smallest absolute Gasteiger partial charge is 0.256 e. The molecule has 32 heavy (non-hydrogen) atoms. The van der Waals surface area contributed by atoms with Gasteiger partial charge in [0.05, 0.1) is 0 Å². The van der Waals surface area contributed by atoms with E-state index in [2.05, 4.69) is 40.1 Å². The van der Waals surface area contributed by atoms with Gasteiger partial charge >= 0.3 is 0 Å². The number of nitrogens with zero attached hydrogens (tertiary/aromatic N) is 3. The first kappa shape index (κ1) is 21.1. The van der Waals surface area contributed by atoms with Gasteiger partial charge in [-0.1, -0.05) is 60.7 Å². The number of amides is 1. The summed E-state index contributed by atoms with van der Waals surface area (Å²) in [6.07, 6.45) is 1.44. The van der Waals surface area contributed by atoms with Crippen LogP contribution in [0.4, 0.5) is 0 Å². The first-order valence-electron chi connectivity index (χ1n) is 11.7. The molecule has 3 aromatic carbocycles. The molecule has 5 nitrogen and oxygen atoms in total. The molecule has 2 aliphatic rings. The number of benzene rings is 3. The summed E-state index contributed by atoms with van der Waals surface area (Å²) in [5.41, 5.74) is 2.95. The van der Waals surface area contributed by atoms with Crippen molar-refractivity contribution < 1.29 is 9.90 Å². The Labute approximate surface area is 189 Å². The van der Waals surface area contributed by atoms with Crippen LogP contribution in [-0.2, 0) is 6.42 Å². The Morgan fingerprint density at radius 1 is 0.781 bits per heavy atom. The Hall–Kier alpha value is -2.73. The van der Waals surface area contributed by atoms with Crippen molar-refractivity contribution in [1.29, 1.82) is 0 Å². The van der Waals surface area contributed by atoms with Crippen molar-refractivity contribution in [2.45, 2.75) is 19.1 Å². The third kappa shape index (κ3) is 4.29. The van der Waals surface area contributed by atoms with Crippen molar-refractivity contribution >= 4 is 16.7 Å². The highest BCUT2D eigenvalue weighted by Crippen LogP contribution is 2.35. The molecule has 0 aromatic heterocycles. The quantitative estimate of drug-likeness (QED) is 0.624. The Morgan fingerprint density at radius 2 is 1.47 bits per heavy atom. The first-order chi connectivity index (χ1) is 15.7. The number of hydrogen-bond donors (Lipinski definition) is 1. The summed E-state index contributed by atoms with van der Waals surface area (Å²) in [5, 5.41) is 12.8. The molecule has 1 fully saturated rings. The molecule has 5 heteroatoms. The van der Waals surface area contributed by atoms with Gasteiger partial charge in [-0.05, 0) is 36.4 Å². The van der Waals surface area contributed by atoms with Crippen molar-refractivity contribution in [2.75, 3.05) is 45.8 Å². The number of rotatable bonds is 7. The molecule has 0 radical (unpaired) electrons. The molecule has 1 N–H and O–H groups in total. The van der Waals surface area contributed by atoms with Crippen LogP contribution >= 0.6 is 0 Å². The normalized spacial score (nSPS) is 19.6. The summed E-state index contributed by atoms with van der Waals surface area (Å²) in [5.74, 6) is -0.0682. The van der Waals surface area contributed by atoms with Crippen LogP contribution in [0.3, 0.4) is 0 Å². The monoisotopic (exact) mass is 429 g/mol. The van der Waals surface area contributed by atoms with Gasteiger partial charge in [-0.3, -0.25) is 9.69 Å². The molecule has 1 unspecified atom stereocenters. The molecule has 166 valence electrons. The van der Waals surface area contributed by atoms with Crippen molar-refractivity contribution in [1.82, 2.24) is 14.7 Å². The number of carbonyl (C=O) groups excluding carboxylic acids is 1. The maximum atomic E-state index is 13.1. The van der Waals surface area contributed by atoms with Gasteiger partial charge in [0.25, 0.3) is 5.91 Å². The standard InChI is InChI=1S/C27H31N3O2/c31-26-23-12-4-10-22-11-5-13-24(25(22)23)27(32)30(26)20-19-29-17-15-28(16-18-29)14-6-9-21-7-2-1-3-8-21/h1-5,7-8,10-13,26,31H,6,9,14-20H2. The molecule has 0 saturated carbocycles. The fourth-order valence-corrected chi connectivity index (χ4v) is 5.06. The largest absolute Gasteiger partial charge is 0.369 e. The number of carbonyl (C=O) groups is 1. The summed E-state index contributed by atoms with van der Waals surface area (Å²) in [4.78, 5) is 19.7. The van der Waals surface area contributed by atoms with Gasteiger partial charge in [-0.25, -0.2) is 0 Å². The second-order valence-electron chi connectivity index (χ2n) is 8.90. The van der Waals surface area contributed by atoms with Crippen molar-refractivity contribution in [3.63, 3.8) is 0 Å². The molecule has 1 saturated heterocycles. The van der Waals surface area contributed by atoms with E-state index in [1.54, 1.807) is 4.90 Å². The van der Waals surface area contributed by atoms with Gasteiger partial charge in [-0.15, -0.1) is 0 Å². The zero-order chi connectivity index (χ0) is 21.9. The highest BCUT2D eigenvalue weighted by atomic mass is 16.3. The van der Waals surface area contributed by atoms with Gasteiger partial charge < -0.3 is 14.9 Å². The molecule has 2 heterocycles. The maximum Gasteiger partial charge on any atom is 0.256 e. The lowest BCUT2D eigenvalue weighted by Gasteiger charge is -2.38. The van der Waals surface area contributed by atoms with Crippen LogP contribution in [0, 0.1) is 0 Å². The van der Waals surface area contributed by atoms with E-state index in [1.165, 1.54) is 12.0 Å². The molecule has 0 bridgehead atoms. The zero-order valence-electron chi connectivity index (χ0n) is 18.5. The molecule has 1 amide bonds. The Bertz CT molecular complexity index is 1070. The first-order valence-corrected chi connectivity index (χ1v) is 11.7. The van der Waals surface area contributed by atoms with Gasteiger partial charge in [0, 0.05) is 55.8 Å². The molecular formula is C27H31N3O2. The molecule has 1 atom stereocenters. The number of hydrogen-bond acceptors (Lipinski definition) is 4. The van der Waals surface area contributed by atoms with Crippen LogP contribution in [0.25, 0.3) is 10.8 Å². The van der Waals surface area contributed by atoms with Crippen LogP contribution < -0.4 is 0 Å². The van der Waals surface area contributed by atoms with E-state index in [0.29, 0.717) is 12.1 Å². The summed E-state index contributed by atoms with van der Waals surface area (Å²) in [6, 6.07) is 22.4. The van der Waals surface area contributed by atoms with Crippen molar-refractivity contribution in [2.24, 2.45) is 0 Å². The van der Waals surface area contributed by atoms with Crippen LogP contribution in [0.2, 0.25) is 0 Å². The number of aliphatic hydroxyl groups excluding tert-OH is 1. The Kier molecular flexibility index (Phi) is 6.21. The van der Waals surface area contributed by atoms with Crippen LogP contribution in [0.15, 0.2) is 66.7 Å². The minimum Gasteiger partial charge on any atom is -0.369 e. The SMILES string of the molecule is O=C1c2cccc3cccc(c23)C(O)N1CCN1CCN(CCCc2ccccc2)CC1. The average molecular weight is 430 g/mol. The summed E-state index contributed by atoms with van der Waals surface area (Å²) in [7, 11) is 0. The van der Waals surface area contributed by atoms with Gasteiger partial charge in [0.2, 0.25) is 0 Å². The fourth-order valence-electron chi connectivity index (χ4n) is 5.06. The lowest BCUT2D eigenvalue weighted by Crippen LogP contribution is -2.50. The third-order valence-corrected chi connectivity index (χ3v) is 6.91. The minimum atomic E-state index is -0.875.